The van der Waals surface area contributed by atoms with Crippen LogP contribution in [0.1, 0.15) is 22.3 Å². The zero-order chi connectivity index (χ0) is 16.4. The van der Waals surface area contributed by atoms with E-state index in [1.165, 1.54) is 6.07 Å². The number of anilines is 1. The summed E-state index contributed by atoms with van der Waals surface area (Å²) >= 11 is 0. The summed E-state index contributed by atoms with van der Waals surface area (Å²) in [4.78, 5) is 11.8. The third-order valence-corrected chi connectivity index (χ3v) is 4.01. The lowest BCUT2D eigenvalue weighted by Gasteiger charge is -2.10. The summed E-state index contributed by atoms with van der Waals surface area (Å²) in [5.74, 6) is 0. The predicted octanol–water partition coefficient (Wildman–Crippen LogP) is 3.89. The van der Waals surface area contributed by atoms with Crippen molar-refractivity contribution in [3.05, 3.63) is 75.1 Å². The minimum Gasteiger partial charge on any atom is -0.422 e. The van der Waals surface area contributed by atoms with Gasteiger partial charge < -0.3 is 9.73 Å². The number of benzene rings is 2. The molecule has 23 heavy (non-hydrogen) atoms. The van der Waals surface area contributed by atoms with E-state index in [1.54, 1.807) is 12.1 Å². The Hall–Kier alpha value is -3.06. The van der Waals surface area contributed by atoms with Gasteiger partial charge in [-0.2, -0.15) is 5.26 Å². The Morgan fingerprint density at radius 2 is 1.87 bits per heavy atom. The van der Waals surface area contributed by atoms with Crippen molar-refractivity contribution in [3.8, 4) is 6.07 Å². The number of fused-ring (bicyclic) bond motifs is 1. The molecule has 0 aliphatic heterocycles. The number of rotatable bonds is 3. The van der Waals surface area contributed by atoms with E-state index in [0.717, 1.165) is 27.8 Å². The molecule has 1 heterocycles. The van der Waals surface area contributed by atoms with E-state index in [1.807, 2.05) is 38.1 Å². The summed E-state index contributed by atoms with van der Waals surface area (Å²) in [6.45, 7) is 4.46. The van der Waals surface area contributed by atoms with Crippen LogP contribution in [0.5, 0.6) is 0 Å². The normalized spacial score (nSPS) is 10.5. The van der Waals surface area contributed by atoms with Crippen LogP contribution in [0.3, 0.4) is 0 Å². The quantitative estimate of drug-likeness (QED) is 0.745. The first-order chi connectivity index (χ1) is 11.1. The molecule has 4 heteroatoms. The molecule has 1 aromatic heterocycles. The summed E-state index contributed by atoms with van der Waals surface area (Å²) in [5.41, 5.74) is 4.79. The molecule has 3 aromatic rings. The number of nitriles is 1. The summed E-state index contributed by atoms with van der Waals surface area (Å²) in [6.07, 6.45) is 0. The van der Waals surface area contributed by atoms with Gasteiger partial charge in [-0.3, -0.25) is 0 Å². The molecule has 0 saturated carbocycles. The van der Waals surface area contributed by atoms with Crippen LogP contribution in [0.15, 0.2) is 51.7 Å². The van der Waals surface area contributed by atoms with Gasteiger partial charge in [0.15, 0.2) is 0 Å². The van der Waals surface area contributed by atoms with Crippen LogP contribution in [0.25, 0.3) is 11.0 Å². The van der Waals surface area contributed by atoms with Gasteiger partial charge >= 0.3 is 5.63 Å². The van der Waals surface area contributed by atoms with Gasteiger partial charge in [0.1, 0.15) is 5.58 Å². The first-order valence-electron chi connectivity index (χ1n) is 7.35. The van der Waals surface area contributed by atoms with Gasteiger partial charge in [-0.1, -0.05) is 12.1 Å². The zero-order valence-corrected chi connectivity index (χ0v) is 13.0. The van der Waals surface area contributed by atoms with Crippen LogP contribution < -0.4 is 10.9 Å². The van der Waals surface area contributed by atoms with Crippen LogP contribution >= 0.6 is 0 Å². The third kappa shape index (κ3) is 2.95. The SMILES string of the molecule is Cc1ccc2c(CNc3ccc(C#N)cc3)cc(=O)oc2c1C. The van der Waals surface area contributed by atoms with E-state index < -0.39 is 0 Å². The molecular weight excluding hydrogens is 288 g/mol. The predicted molar refractivity (Wildman–Crippen MR) is 90.4 cm³/mol. The van der Waals surface area contributed by atoms with Crippen LogP contribution in [0.4, 0.5) is 5.69 Å². The highest BCUT2D eigenvalue weighted by Gasteiger charge is 2.09. The second-order valence-corrected chi connectivity index (χ2v) is 5.52. The Labute approximate surface area is 134 Å². The molecule has 0 saturated heterocycles. The molecule has 2 aromatic carbocycles. The summed E-state index contributed by atoms with van der Waals surface area (Å²) in [6, 6.07) is 14.8. The van der Waals surface area contributed by atoms with E-state index in [-0.39, 0.29) is 5.63 Å². The smallest absolute Gasteiger partial charge is 0.336 e. The third-order valence-electron chi connectivity index (χ3n) is 4.01. The van der Waals surface area contributed by atoms with Crippen molar-refractivity contribution in [2.75, 3.05) is 5.32 Å². The molecule has 0 bridgehead atoms. The molecule has 4 nitrogen and oxygen atoms in total. The molecule has 1 N–H and O–H groups in total. The maximum Gasteiger partial charge on any atom is 0.336 e. The second kappa shape index (κ2) is 5.98. The summed E-state index contributed by atoms with van der Waals surface area (Å²) < 4.78 is 5.38. The van der Waals surface area contributed by atoms with Gasteiger partial charge in [-0.25, -0.2) is 4.79 Å². The number of hydrogen-bond acceptors (Lipinski definition) is 4. The van der Waals surface area contributed by atoms with E-state index in [9.17, 15) is 4.79 Å². The first kappa shape index (κ1) is 14.9. The van der Waals surface area contributed by atoms with Gasteiger partial charge in [-0.05, 0) is 54.8 Å². The van der Waals surface area contributed by atoms with Crippen molar-refractivity contribution in [1.82, 2.24) is 0 Å². The molecule has 0 fully saturated rings. The molecule has 0 amide bonds. The van der Waals surface area contributed by atoms with E-state index in [2.05, 4.69) is 11.4 Å². The minimum absolute atomic E-state index is 0.345. The average Bonchev–Trinajstić information content (AvgIpc) is 2.57. The van der Waals surface area contributed by atoms with Crippen molar-refractivity contribution in [3.63, 3.8) is 0 Å². The zero-order valence-electron chi connectivity index (χ0n) is 13.0. The fourth-order valence-corrected chi connectivity index (χ4v) is 2.53. The second-order valence-electron chi connectivity index (χ2n) is 5.52. The van der Waals surface area contributed by atoms with Crippen LogP contribution in [-0.2, 0) is 6.54 Å². The monoisotopic (exact) mass is 304 g/mol. The average molecular weight is 304 g/mol. The highest BCUT2D eigenvalue weighted by Crippen LogP contribution is 2.24. The van der Waals surface area contributed by atoms with Crippen molar-refractivity contribution >= 4 is 16.7 Å². The summed E-state index contributed by atoms with van der Waals surface area (Å²) in [7, 11) is 0. The molecule has 0 atom stereocenters. The maximum atomic E-state index is 11.8. The molecular formula is C19H16N2O2. The number of hydrogen-bond donors (Lipinski definition) is 1. The molecule has 114 valence electrons. The van der Waals surface area contributed by atoms with E-state index >= 15 is 0 Å². The van der Waals surface area contributed by atoms with Crippen molar-refractivity contribution in [2.24, 2.45) is 0 Å². The Balaban J connectivity index is 1.95. The maximum absolute atomic E-state index is 11.8. The standard InChI is InChI=1S/C19H16N2O2/c1-12-3-8-17-15(9-18(22)23-19(17)13(12)2)11-21-16-6-4-14(10-20)5-7-16/h3-9,21H,11H2,1-2H3. The van der Waals surface area contributed by atoms with Crippen LogP contribution in [0, 0.1) is 25.2 Å². The van der Waals surface area contributed by atoms with Gasteiger partial charge in [-0.15, -0.1) is 0 Å². The fourth-order valence-electron chi connectivity index (χ4n) is 2.53. The Bertz CT molecular complexity index is 964. The topological polar surface area (TPSA) is 66.0 Å². The molecule has 0 unspecified atom stereocenters. The lowest BCUT2D eigenvalue weighted by Crippen LogP contribution is -2.06. The van der Waals surface area contributed by atoms with Gasteiger partial charge in [0.05, 0.1) is 11.6 Å². The number of aryl methyl sites for hydroxylation is 2. The van der Waals surface area contributed by atoms with Crippen molar-refractivity contribution < 1.29 is 4.42 Å². The van der Waals surface area contributed by atoms with Gasteiger partial charge in [0.2, 0.25) is 0 Å². The van der Waals surface area contributed by atoms with Gasteiger partial charge in [0, 0.05) is 23.7 Å². The van der Waals surface area contributed by atoms with Crippen LogP contribution in [-0.4, -0.2) is 0 Å². The van der Waals surface area contributed by atoms with E-state index in [4.69, 9.17) is 9.68 Å². The van der Waals surface area contributed by atoms with Crippen molar-refractivity contribution in [2.45, 2.75) is 20.4 Å². The molecule has 0 aliphatic carbocycles. The Morgan fingerprint density at radius 3 is 2.57 bits per heavy atom. The number of nitrogens with zero attached hydrogens (tertiary/aromatic N) is 1. The van der Waals surface area contributed by atoms with Crippen LogP contribution in [0.2, 0.25) is 0 Å². The lowest BCUT2D eigenvalue weighted by molar-refractivity contribution is 0.556. The fraction of sp³-hybridized carbons (Fsp3) is 0.158. The number of nitrogens with one attached hydrogen (secondary N) is 1. The van der Waals surface area contributed by atoms with Crippen molar-refractivity contribution in [1.29, 1.82) is 5.26 Å². The van der Waals surface area contributed by atoms with Gasteiger partial charge in [0.25, 0.3) is 0 Å². The Kier molecular flexibility index (Phi) is 3.86. The Morgan fingerprint density at radius 1 is 1.13 bits per heavy atom. The highest BCUT2D eigenvalue weighted by molar-refractivity contribution is 5.84. The first-order valence-corrected chi connectivity index (χ1v) is 7.35. The highest BCUT2D eigenvalue weighted by atomic mass is 16.4. The molecule has 0 radical (unpaired) electrons. The van der Waals surface area contributed by atoms with E-state index in [0.29, 0.717) is 17.7 Å². The molecule has 0 spiro atoms. The minimum atomic E-state index is -0.345. The lowest BCUT2D eigenvalue weighted by atomic mass is 10.0. The molecule has 3 rings (SSSR count). The summed E-state index contributed by atoms with van der Waals surface area (Å²) in [5, 5.41) is 13.0. The molecule has 0 aliphatic rings. The largest absolute Gasteiger partial charge is 0.422 e.